The number of nitrogens with zero attached hydrogens (tertiary/aromatic N) is 8. The van der Waals surface area contributed by atoms with E-state index < -0.39 is 11.8 Å². The Bertz CT molecular complexity index is 3260. The number of nitrogens with one attached hydrogen (secondary N) is 1. The Labute approximate surface area is 392 Å². The maximum Gasteiger partial charge on any atom is 0.249 e. The summed E-state index contributed by atoms with van der Waals surface area (Å²) >= 11 is 0. The molecule has 0 radical (unpaired) electrons. The van der Waals surface area contributed by atoms with Crippen LogP contribution in [0.15, 0.2) is 159 Å². The van der Waals surface area contributed by atoms with Gasteiger partial charge in [-0.3, -0.25) is 9.59 Å². The number of hydrogen-bond donors (Lipinski definition) is 3. The van der Waals surface area contributed by atoms with Gasteiger partial charge >= 0.3 is 0 Å². The molecule has 12 rings (SSSR count). The molecule has 0 bridgehead atoms. The highest BCUT2D eigenvalue weighted by atomic mass is 16.1. The van der Waals surface area contributed by atoms with Crippen LogP contribution < -0.4 is 26.6 Å². The van der Waals surface area contributed by atoms with E-state index in [1.807, 2.05) is 107 Å². The number of nitrogens with two attached hydrogens (primary N) is 2. The Morgan fingerprint density at radius 2 is 0.868 bits per heavy atom. The van der Waals surface area contributed by atoms with E-state index in [9.17, 15) is 9.59 Å². The van der Waals surface area contributed by atoms with Crippen LogP contribution in [0.3, 0.4) is 0 Å². The summed E-state index contributed by atoms with van der Waals surface area (Å²) in [4.78, 5) is 38.2. The third-order valence-corrected chi connectivity index (χ3v) is 13.3. The molecule has 2 fully saturated rings. The number of rotatable bonds is 8. The molecule has 0 aliphatic carbocycles. The number of piperazine rings is 1. The van der Waals surface area contributed by atoms with Crippen LogP contribution in [0.5, 0.6) is 0 Å². The minimum Gasteiger partial charge on any atom is -0.372 e. The van der Waals surface area contributed by atoms with Gasteiger partial charge in [-0.05, 0) is 99.5 Å². The molecule has 0 saturated carbocycles. The highest BCUT2D eigenvalue weighted by Crippen LogP contribution is 2.36. The zero-order valence-corrected chi connectivity index (χ0v) is 37.4. The fourth-order valence-corrected chi connectivity index (χ4v) is 9.73. The lowest BCUT2D eigenvalue weighted by Gasteiger charge is -2.29. The molecule has 2 aliphatic heterocycles. The second-order valence-electron chi connectivity index (χ2n) is 17.4. The average Bonchev–Trinajstić information content (AvgIpc) is 4.03. The van der Waals surface area contributed by atoms with Crippen molar-refractivity contribution in [3.63, 3.8) is 0 Å². The van der Waals surface area contributed by atoms with Crippen LogP contribution in [0.25, 0.3) is 77.3 Å². The van der Waals surface area contributed by atoms with Gasteiger partial charge < -0.3 is 26.6 Å². The van der Waals surface area contributed by atoms with Crippen LogP contribution in [-0.4, -0.2) is 80.3 Å². The zero-order chi connectivity index (χ0) is 46.1. The average molecular weight is 896 g/mol. The number of carbonyl (C=O) groups excluding carboxylic acids is 2. The van der Waals surface area contributed by atoms with Crippen LogP contribution in [-0.2, 0) is 0 Å². The number of aromatic nitrogens is 6. The van der Waals surface area contributed by atoms with Crippen molar-refractivity contribution >= 4 is 56.0 Å². The molecule has 2 aliphatic rings. The molecule has 0 unspecified atom stereocenters. The van der Waals surface area contributed by atoms with E-state index >= 15 is 0 Å². The molecule has 6 aromatic carbocycles. The summed E-state index contributed by atoms with van der Waals surface area (Å²) in [6, 6.07) is 40.3. The first-order valence-corrected chi connectivity index (χ1v) is 23.1. The maximum atomic E-state index is 11.9. The van der Waals surface area contributed by atoms with Crippen molar-refractivity contribution in [3.8, 4) is 44.5 Å². The lowest BCUT2D eigenvalue weighted by molar-refractivity contribution is 0.0993. The van der Waals surface area contributed by atoms with Gasteiger partial charge in [0.2, 0.25) is 11.8 Å². The number of benzene rings is 6. The molecule has 68 heavy (non-hydrogen) atoms. The Morgan fingerprint density at radius 3 is 1.31 bits per heavy atom. The van der Waals surface area contributed by atoms with Gasteiger partial charge in [0, 0.05) is 109 Å². The van der Waals surface area contributed by atoms with Gasteiger partial charge in [0.05, 0.1) is 12.4 Å². The molecule has 5 N–H and O–H groups in total. The summed E-state index contributed by atoms with van der Waals surface area (Å²) in [5, 5.41) is 16.1. The summed E-state index contributed by atoms with van der Waals surface area (Å²) < 4.78 is 3.63. The van der Waals surface area contributed by atoms with Crippen molar-refractivity contribution in [2.75, 3.05) is 49.1 Å². The van der Waals surface area contributed by atoms with Gasteiger partial charge in [0.25, 0.3) is 0 Å². The lowest BCUT2D eigenvalue weighted by Crippen LogP contribution is -2.43. The number of anilines is 2. The van der Waals surface area contributed by atoms with Crippen molar-refractivity contribution in [2.24, 2.45) is 11.5 Å². The molecule has 13 heteroatoms. The third-order valence-electron chi connectivity index (χ3n) is 13.3. The predicted molar refractivity (Wildman–Crippen MR) is 271 cm³/mol. The van der Waals surface area contributed by atoms with Crippen molar-refractivity contribution in [1.29, 1.82) is 0 Å². The summed E-state index contributed by atoms with van der Waals surface area (Å²) in [6.07, 6.45) is 15.3. The molecular formula is C55H49N11O2. The smallest absolute Gasteiger partial charge is 0.249 e. The van der Waals surface area contributed by atoms with Gasteiger partial charge in [0.1, 0.15) is 0 Å². The van der Waals surface area contributed by atoms with E-state index in [-0.39, 0.29) is 0 Å². The van der Waals surface area contributed by atoms with E-state index in [1.54, 1.807) is 12.1 Å². The fourth-order valence-electron chi connectivity index (χ4n) is 9.73. The molecule has 6 heterocycles. The minimum absolute atomic E-state index is 0.434. The predicted octanol–water partition coefficient (Wildman–Crippen LogP) is 9.03. The van der Waals surface area contributed by atoms with Gasteiger partial charge in [-0.15, -0.1) is 0 Å². The molecule has 2 saturated heterocycles. The van der Waals surface area contributed by atoms with Crippen molar-refractivity contribution in [3.05, 3.63) is 170 Å². The summed E-state index contributed by atoms with van der Waals surface area (Å²) in [5.41, 5.74) is 24.3. The summed E-state index contributed by atoms with van der Waals surface area (Å²) in [5.74, 6) is -0.870. The SMILES string of the molecule is NC(=O)c1ccc(-c2cnn3cc(-c4ccc(N5CCCCC5)cc4)cnc23)c2ccccc12.NC(=O)c1ccc(-c2cnn3cc(-c4ccc(N5CCNCC5)cc4)cnc23)c2ccccc12. The van der Waals surface area contributed by atoms with Gasteiger partial charge in [-0.2, -0.15) is 10.2 Å². The topological polar surface area (TPSA) is 165 Å². The van der Waals surface area contributed by atoms with Crippen LogP contribution >= 0.6 is 0 Å². The first-order valence-electron chi connectivity index (χ1n) is 23.1. The van der Waals surface area contributed by atoms with Crippen LogP contribution in [0.2, 0.25) is 0 Å². The van der Waals surface area contributed by atoms with Gasteiger partial charge in [0.15, 0.2) is 11.3 Å². The zero-order valence-electron chi connectivity index (χ0n) is 37.4. The Balaban J connectivity index is 0.000000149. The number of hydrogen-bond acceptors (Lipinski definition) is 9. The van der Waals surface area contributed by atoms with Crippen molar-refractivity contribution < 1.29 is 9.59 Å². The molecule has 2 amide bonds. The second-order valence-corrected chi connectivity index (χ2v) is 17.4. The molecular weight excluding hydrogens is 847 g/mol. The molecule has 0 atom stereocenters. The van der Waals surface area contributed by atoms with Gasteiger partial charge in [-0.25, -0.2) is 19.0 Å². The van der Waals surface area contributed by atoms with E-state index in [0.717, 1.165) is 117 Å². The highest BCUT2D eigenvalue weighted by molar-refractivity contribution is 6.12. The number of piperidine rings is 1. The Kier molecular flexibility index (Phi) is 11.2. The van der Waals surface area contributed by atoms with Crippen molar-refractivity contribution in [2.45, 2.75) is 19.3 Å². The maximum absolute atomic E-state index is 11.9. The fraction of sp³-hybridized carbons (Fsp3) is 0.164. The van der Waals surface area contributed by atoms with Crippen LogP contribution in [0, 0.1) is 0 Å². The molecule has 13 nitrogen and oxygen atoms in total. The molecule has 336 valence electrons. The van der Waals surface area contributed by atoms with Crippen LogP contribution in [0.1, 0.15) is 40.0 Å². The minimum atomic E-state index is -0.437. The Morgan fingerprint density at radius 1 is 0.441 bits per heavy atom. The number of amides is 2. The third kappa shape index (κ3) is 8.02. The molecule has 4 aromatic heterocycles. The van der Waals surface area contributed by atoms with E-state index in [0.29, 0.717) is 11.1 Å². The Hall–Kier alpha value is -8.42. The van der Waals surface area contributed by atoms with Gasteiger partial charge in [-0.1, -0.05) is 84.9 Å². The number of carbonyl (C=O) groups is 2. The summed E-state index contributed by atoms with van der Waals surface area (Å²) in [7, 11) is 0. The van der Waals surface area contributed by atoms with E-state index in [2.05, 4.69) is 73.8 Å². The molecule has 10 aromatic rings. The normalized spacial score (nSPS) is 14.1. The van der Waals surface area contributed by atoms with E-state index in [1.165, 1.54) is 30.6 Å². The largest absolute Gasteiger partial charge is 0.372 e. The monoisotopic (exact) mass is 895 g/mol. The second kappa shape index (κ2) is 18.1. The number of fused-ring (bicyclic) bond motifs is 4. The van der Waals surface area contributed by atoms with E-state index in [4.69, 9.17) is 21.4 Å². The standard InChI is InChI=1S/C28H25N5O.C27H24N6O/c29-27(34)25-13-12-24(22-6-2-3-7-23(22)25)26-17-31-33-18-20(16-30-28(26)33)19-8-10-21(11-9-19)32-14-4-1-5-15-32;28-26(34)24-10-9-23(21-3-1-2-4-22(21)24)25-16-31-33-17-19(15-30-27(25)33)18-5-7-20(8-6-18)32-13-11-29-12-14-32/h2-3,6-13,16-18H,1,4-5,14-15H2,(H2,29,34);1-10,15-17,29H,11-14H2,(H2,28,34). The lowest BCUT2D eigenvalue weighted by atomic mass is 9.96. The van der Waals surface area contributed by atoms with Crippen molar-refractivity contribution in [1.82, 2.24) is 34.5 Å². The highest BCUT2D eigenvalue weighted by Gasteiger charge is 2.18. The molecule has 0 spiro atoms. The quantitative estimate of drug-likeness (QED) is 0.135. The number of primary amides is 2. The van der Waals surface area contributed by atoms with Crippen LogP contribution in [0.4, 0.5) is 11.4 Å². The summed E-state index contributed by atoms with van der Waals surface area (Å²) in [6.45, 7) is 6.36. The first-order chi connectivity index (χ1) is 33.4. The first kappa shape index (κ1) is 42.2.